The smallest absolute Gasteiger partial charge is 0.265 e. The summed E-state index contributed by atoms with van der Waals surface area (Å²) in [5.41, 5.74) is 2.67. The van der Waals surface area contributed by atoms with Gasteiger partial charge in [-0.25, -0.2) is 0 Å². The first-order valence-electron chi connectivity index (χ1n) is 10.3. The van der Waals surface area contributed by atoms with E-state index in [0.29, 0.717) is 15.8 Å². The quantitative estimate of drug-likeness (QED) is 0.430. The van der Waals surface area contributed by atoms with Crippen LogP contribution in [-0.2, 0) is 10.2 Å². The molecule has 3 aromatic carbocycles. The van der Waals surface area contributed by atoms with Gasteiger partial charge in [0.15, 0.2) is 6.61 Å². The number of hydrogen-bond donors (Lipinski definition) is 0. The molecule has 4 rings (SSSR count). The minimum absolute atomic E-state index is 0.110. The fraction of sp³-hybridized carbons (Fsp3) is 0.269. The Bertz CT molecular complexity index is 1110. The van der Waals surface area contributed by atoms with Crippen LogP contribution in [0.2, 0.25) is 10.0 Å². The van der Waals surface area contributed by atoms with Crippen molar-refractivity contribution in [3.8, 4) is 5.75 Å². The third kappa shape index (κ3) is 4.05. The van der Waals surface area contributed by atoms with Crippen molar-refractivity contribution in [1.82, 2.24) is 0 Å². The molecule has 0 saturated heterocycles. The predicted molar refractivity (Wildman–Crippen MR) is 127 cm³/mol. The molecule has 5 heteroatoms. The van der Waals surface area contributed by atoms with Crippen molar-refractivity contribution in [2.45, 2.75) is 38.1 Å². The summed E-state index contributed by atoms with van der Waals surface area (Å²) in [5.74, 6) is 0.329. The van der Waals surface area contributed by atoms with E-state index in [4.69, 9.17) is 27.9 Å². The number of fused-ring (bicyclic) bond motifs is 1. The van der Waals surface area contributed by atoms with Crippen LogP contribution < -0.4 is 9.64 Å². The van der Waals surface area contributed by atoms with E-state index < -0.39 is 5.54 Å². The molecule has 0 saturated carbocycles. The molecule has 31 heavy (non-hydrogen) atoms. The van der Waals surface area contributed by atoms with Gasteiger partial charge >= 0.3 is 0 Å². The van der Waals surface area contributed by atoms with Crippen LogP contribution in [0.4, 0.5) is 5.69 Å². The Morgan fingerprint density at radius 1 is 0.968 bits per heavy atom. The number of benzene rings is 3. The molecular weight excluding hydrogens is 429 g/mol. The maximum atomic E-state index is 13.4. The Hall–Kier alpha value is -2.49. The lowest BCUT2D eigenvalue weighted by atomic mass is 9.65. The van der Waals surface area contributed by atoms with E-state index in [0.717, 1.165) is 17.7 Å². The van der Waals surface area contributed by atoms with E-state index in [-0.39, 0.29) is 17.9 Å². The van der Waals surface area contributed by atoms with Gasteiger partial charge in [-0.2, -0.15) is 0 Å². The molecule has 0 aliphatic carbocycles. The molecular formula is C26H25Cl2NO2. The van der Waals surface area contributed by atoms with Gasteiger partial charge in [-0.15, -0.1) is 0 Å². The second-order valence-electron chi connectivity index (χ2n) is 8.80. The summed E-state index contributed by atoms with van der Waals surface area (Å²) >= 11 is 12.2. The highest BCUT2D eigenvalue weighted by Crippen LogP contribution is 2.50. The summed E-state index contributed by atoms with van der Waals surface area (Å²) in [5, 5.41) is 0.908. The Morgan fingerprint density at radius 3 is 2.35 bits per heavy atom. The zero-order valence-electron chi connectivity index (χ0n) is 17.9. The molecule has 0 bridgehead atoms. The number of ether oxygens (including phenoxy) is 1. The number of rotatable bonds is 4. The summed E-state index contributed by atoms with van der Waals surface area (Å²) in [4.78, 5) is 15.3. The average Bonchev–Trinajstić information content (AvgIpc) is 2.73. The van der Waals surface area contributed by atoms with Crippen molar-refractivity contribution in [2.75, 3.05) is 11.5 Å². The second-order valence-corrected chi connectivity index (χ2v) is 9.64. The molecule has 1 heterocycles. The maximum absolute atomic E-state index is 13.4. The summed E-state index contributed by atoms with van der Waals surface area (Å²) in [6.07, 6.45) is 0.786. The molecule has 1 unspecified atom stereocenters. The Labute approximate surface area is 193 Å². The van der Waals surface area contributed by atoms with Crippen LogP contribution in [0, 0.1) is 0 Å². The van der Waals surface area contributed by atoms with Crippen molar-refractivity contribution in [1.29, 1.82) is 0 Å². The Morgan fingerprint density at radius 2 is 1.65 bits per heavy atom. The monoisotopic (exact) mass is 453 g/mol. The number of halogens is 2. The van der Waals surface area contributed by atoms with E-state index in [9.17, 15) is 4.79 Å². The molecule has 160 valence electrons. The first kappa shape index (κ1) is 21.7. The molecule has 1 aliphatic rings. The second kappa shape index (κ2) is 8.22. The summed E-state index contributed by atoms with van der Waals surface area (Å²) in [6, 6.07) is 23.6. The van der Waals surface area contributed by atoms with E-state index in [1.54, 1.807) is 18.2 Å². The van der Waals surface area contributed by atoms with Gasteiger partial charge in [0.25, 0.3) is 5.91 Å². The Kier molecular flexibility index (Phi) is 5.76. The first-order chi connectivity index (χ1) is 14.7. The highest BCUT2D eigenvalue weighted by Gasteiger charge is 2.47. The number of nitrogens with zero attached hydrogens (tertiary/aromatic N) is 1. The van der Waals surface area contributed by atoms with Gasteiger partial charge in [0, 0.05) is 21.7 Å². The number of carbonyl (C=O) groups is 1. The summed E-state index contributed by atoms with van der Waals surface area (Å²) in [7, 11) is 0. The van der Waals surface area contributed by atoms with Gasteiger partial charge in [-0.05, 0) is 55.7 Å². The van der Waals surface area contributed by atoms with Gasteiger partial charge in [-0.3, -0.25) is 4.79 Å². The normalized spacial score (nSPS) is 19.6. The van der Waals surface area contributed by atoms with Crippen molar-refractivity contribution < 1.29 is 9.53 Å². The SMILES string of the molecule is CC1(c2ccccc2)CC(C)(C)N(C(=O)COc2ccc(Cl)cc2Cl)c2ccccc21. The number of amides is 1. The standard InChI is InChI=1S/C26H25Cl2NO2/c1-25(2)17-26(3,18-9-5-4-6-10-18)20-11-7-8-12-22(20)29(25)24(30)16-31-23-14-13-19(27)15-21(23)28/h4-15H,16-17H2,1-3H3. The van der Waals surface area contributed by atoms with Gasteiger partial charge in [0.1, 0.15) is 5.75 Å². The van der Waals surface area contributed by atoms with Crippen molar-refractivity contribution in [3.05, 3.63) is 94.0 Å². The van der Waals surface area contributed by atoms with E-state index in [1.807, 2.05) is 29.2 Å². The van der Waals surface area contributed by atoms with Crippen LogP contribution in [0.5, 0.6) is 5.75 Å². The largest absolute Gasteiger partial charge is 0.482 e. The number of para-hydroxylation sites is 1. The number of hydrogen-bond acceptors (Lipinski definition) is 2. The van der Waals surface area contributed by atoms with E-state index in [2.05, 4.69) is 51.1 Å². The van der Waals surface area contributed by atoms with Gasteiger partial charge in [-0.1, -0.05) is 78.7 Å². The number of carbonyl (C=O) groups excluding carboxylic acids is 1. The van der Waals surface area contributed by atoms with Gasteiger partial charge in [0.2, 0.25) is 0 Å². The lowest BCUT2D eigenvalue weighted by Crippen LogP contribution is -2.57. The van der Waals surface area contributed by atoms with Crippen LogP contribution in [0.1, 0.15) is 38.3 Å². The highest BCUT2D eigenvalue weighted by atomic mass is 35.5. The predicted octanol–water partition coefficient (Wildman–Crippen LogP) is 6.89. The van der Waals surface area contributed by atoms with E-state index >= 15 is 0 Å². The molecule has 3 nitrogen and oxygen atoms in total. The van der Waals surface area contributed by atoms with Crippen LogP contribution in [0.15, 0.2) is 72.8 Å². The molecule has 1 atom stereocenters. The molecule has 0 spiro atoms. The Balaban J connectivity index is 1.69. The van der Waals surface area contributed by atoms with Crippen molar-refractivity contribution in [3.63, 3.8) is 0 Å². The lowest BCUT2D eigenvalue weighted by molar-refractivity contribution is -0.121. The van der Waals surface area contributed by atoms with Crippen LogP contribution in [0.3, 0.4) is 0 Å². The summed E-state index contributed by atoms with van der Waals surface area (Å²) < 4.78 is 5.77. The van der Waals surface area contributed by atoms with Crippen molar-refractivity contribution >= 4 is 34.8 Å². The molecule has 1 aliphatic heterocycles. The molecule has 0 fully saturated rings. The lowest BCUT2D eigenvalue weighted by Gasteiger charge is -2.51. The van der Waals surface area contributed by atoms with Crippen molar-refractivity contribution in [2.24, 2.45) is 0 Å². The van der Waals surface area contributed by atoms with Gasteiger partial charge in [0.05, 0.1) is 5.02 Å². The molecule has 0 radical (unpaired) electrons. The maximum Gasteiger partial charge on any atom is 0.265 e. The zero-order chi connectivity index (χ0) is 22.2. The zero-order valence-corrected chi connectivity index (χ0v) is 19.4. The molecule has 1 amide bonds. The van der Waals surface area contributed by atoms with Crippen LogP contribution in [0.25, 0.3) is 0 Å². The fourth-order valence-corrected chi connectivity index (χ4v) is 5.30. The topological polar surface area (TPSA) is 29.5 Å². The molecule has 0 N–H and O–H groups in total. The molecule has 3 aromatic rings. The van der Waals surface area contributed by atoms with Crippen LogP contribution in [-0.4, -0.2) is 18.1 Å². The highest BCUT2D eigenvalue weighted by molar-refractivity contribution is 6.35. The minimum Gasteiger partial charge on any atom is -0.482 e. The number of anilines is 1. The first-order valence-corrected chi connectivity index (χ1v) is 11.0. The average molecular weight is 454 g/mol. The van der Waals surface area contributed by atoms with Crippen LogP contribution >= 0.6 is 23.2 Å². The minimum atomic E-state index is -0.414. The van der Waals surface area contributed by atoms with E-state index in [1.165, 1.54) is 5.56 Å². The summed E-state index contributed by atoms with van der Waals surface area (Å²) in [6.45, 7) is 6.37. The van der Waals surface area contributed by atoms with Gasteiger partial charge < -0.3 is 9.64 Å². The third-order valence-electron chi connectivity index (χ3n) is 6.04. The third-order valence-corrected chi connectivity index (χ3v) is 6.57. The molecule has 0 aromatic heterocycles. The fourth-order valence-electron chi connectivity index (χ4n) is 4.83.